The van der Waals surface area contributed by atoms with Crippen molar-refractivity contribution in [1.29, 1.82) is 0 Å². The third kappa shape index (κ3) is 2.94. The molecule has 0 bridgehead atoms. The number of phenolic OH excluding ortho intramolecular Hbond substituents is 1. The fourth-order valence-electron chi connectivity index (χ4n) is 2.10. The van der Waals surface area contributed by atoms with Gasteiger partial charge in [0.1, 0.15) is 5.75 Å². The van der Waals surface area contributed by atoms with Gasteiger partial charge in [-0.3, -0.25) is 4.79 Å². The first-order chi connectivity index (χ1) is 9.09. The standard InChI is InChI=1S/C16H17NO2/c1-11-6-5-7-12(2)15(11)16(19)17-10-13-8-3-4-9-14(13)18/h3-9,18H,10H2,1-2H3,(H,17,19). The molecule has 2 aromatic carbocycles. The van der Waals surface area contributed by atoms with Crippen molar-refractivity contribution in [2.75, 3.05) is 0 Å². The third-order valence-corrected chi connectivity index (χ3v) is 3.14. The summed E-state index contributed by atoms with van der Waals surface area (Å²) in [6.07, 6.45) is 0. The third-order valence-electron chi connectivity index (χ3n) is 3.14. The van der Waals surface area contributed by atoms with Crippen molar-refractivity contribution >= 4 is 5.91 Å². The van der Waals surface area contributed by atoms with Gasteiger partial charge in [-0.05, 0) is 31.0 Å². The summed E-state index contributed by atoms with van der Waals surface area (Å²) < 4.78 is 0. The van der Waals surface area contributed by atoms with Crippen molar-refractivity contribution in [3.8, 4) is 5.75 Å². The van der Waals surface area contributed by atoms with E-state index in [0.717, 1.165) is 11.1 Å². The predicted molar refractivity (Wildman–Crippen MR) is 75.2 cm³/mol. The van der Waals surface area contributed by atoms with Crippen molar-refractivity contribution in [3.05, 3.63) is 64.7 Å². The van der Waals surface area contributed by atoms with Crippen LogP contribution in [-0.4, -0.2) is 11.0 Å². The molecule has 0 saturated carbocycles. The molecule has 0 radical (unpaired) electrons. The molecular formula is C16H17NO2. The van der Waals surface area contributed by atoms with E-state index in [-0.39, 0.29) is 11.7 Å². The lowest BCUT2D eigenvalue weighted by atomic mass is 10.0. The van der Waals surface area contributed by atoms with Crippen LogP contribution >= 0.6 is 0 Å². The molecule has 0 saturated heterocycles. The summed E-state index contributed by atoms with van der Waals surface area (Å²) in [5.41, 5.74) is 3.32. The van der Waals surface area contributed by atoms with Gasteiger partial charge in [0.05, 0.1) is 0 Å². The van der Waals surface area contributed by atoms with E-state index >= 15 is 0 Å². The number of aromatic hydroxyl groups is 1. The number of carbonyl (C=O) groups excluding carboxylic acids is 1. The minimum Gasteiger partial charge on any atom is -0.508 e. The molecule has 3 heteroatoms. The minimum atomic E-state index is -0.112. The number of nitrogens with one attached hydrogen (secondary N) is 1. The molecule has 19 heavy (non-hydrogen) atoms. The Hall–Kier alpha value is -2.29. The van der Waals surface area contributed by atoms with E-state index < -0.39 is 0 Å². The molecule has 0 unspecified atom stereocenters. The van der Waals surface area contributed by atoms with E-state index in [1.807, 2.05) is 38.1 Å². The first kappa shape index (κ1) is 13.1. The quantitative estimate of drug-likeness (QED) is 0.886. The van der Waals surface area contributed by atoms with Gasteiger partial charge in [0.2, 0.25) is 0 Å². The van der Waals surface area contributed by atoms with Gasteiger partial charge in [-0.1, -0.05) is 36.4 Å². The maximum absolute atomic E-state index is 12.2. The Morgan fingerprint density at radius 3 is 2.32 bits per heavy atom. The molecule has 0 aromatic heterocycles. The van der Waals surface area contributed by atoms with Crippen molar-refractivity contribution in [1.82, 2.24) is 5.32 Å². The van der Waals surface area contributed by atoms with Crippen LogP contribution in [0.5, 0.6) is 5.75 Å². The van der Waals surface area contributed by atoms with E-state index in [2.05, 4.69) is 5.32 Å². The number of para-hydroxylation sites is 1. The van der Waals surface area contributed by atoms with Gasteiger partial charge >= 0.3 is 0 Å². The molecule has 1 amide bonds. The van der Waals surface area contributed by atoms with Gasteiger partial charge in [-0.25, -0.2) is 0 Å². The molecule has 98 valence electrons. The Kier molecular flexibility index (Phi) is 3.85. The number of hydrogen-bond donors (Lipinski definition) is 2. The predicted octanol–water partition coefficient (Wildman–Crippen LogP) is 2.94. The largest absolute Gasteiger partial charge is 0.508 e. The van der Waals surface area contributed by atoms with E-state index in [4.69, 9.17) is 0 Å². The summed E-state index contributed by atoms with van der Waals surface area (Å²) in [5, 5.41) is 12.5. The van der Waals surface area contributed by atoms with E-state index in [1.165, 1.54) is 0 Å². The molecule has 0 aliphatic carbocycles. The Morgan fingerprint density at radius 2 is 1.68 bits per heavy atom. The van der Waals surface area contributed by atoms with Gasteiger partial charge in [-0.2, -0.15) is 0 Å². The molecule has 0 atom stereocenters. The Bertz CT molecular complexity index is 585. The summed E-state index contributed by atoms with van der Waals surface area (Å²) in [6.45, 7) is 4.16. The monoisotopic (exact) mass is 255 g/mol. The van der Waals surface area contributed by atoms with Gasteiger partial charge < -0.3 is 10.4 Å². The fourth-order valence-corrected chi connectivity index (χ4v) is 2.10. The summed E-state index contributed by atoms with van der Waals surface area (Å²) in [5.74, 6) is 0.0863. The zero-order chi connectivity index (χ0) is 13.8. The van der Waals surface area contributed by atoms with Crippen LogP contribution < -0.4 is 5.32 Å². The number of aryl methyl sites for hydroxylation is 2. The van der Waals surface area contributed by atoms with Crippen LogP contribution in [0.2, 0.25) is 0 Å². The number of rotatable bonds is 3. The second-order valence-electron chi connectivity index (χ2n) is 4.58. The second kappa shape index (κ2) is 5.57. The molecule has 0 fully saturated rings. The number of carbonyl (C=O) groups is 1. The van der Waals surface area contributed by atoms with Gasteiger partial charge in [0, 0.05) is 17.7 Å². The Morgan fingerprint density at radius 1 is 1.05 bits per heavy atom. The van der Waals surface area contributed by atoms with Crippen LogP contribution in [0.4, 0.5) is 0 Å². The van der Waals surface area contributed by atoms with Crippen molar-refractivity contribution in [3.63, 3.8) is 0 Å². The molecule has 2 aromatic rings. The normalized spacial score (nSPS) is 10.2. The van der Waals surface area contributed by atoms with Gasteiger partial charge in [0.15, 0.2) is 0 Å². The van der Waals surface area contributed by atoms with E-state index in [9.17, 15) is 9.90 Å². The van der Waals surface area contributed by atoms with Crippen molar-refractivity contribution in [2.24, 2.45) is 0 Å². The van der Waals surface area contributed by atoms with Crippen LogP contribution in [0, 0.1) is 13.8 Å². The first-order valence-corrected chi connectivity index (χ1v) is 6.21. The molecule has 0 heterocycles. The fraction of sp³-hybridized carbons (Fsp3) is 0.188. The maximum atomic E-state index is 12.2. The lowest BCUT2D eigenvalue weighted by Crippen LogP contribution is -2.24. The van der Waals surface area contributed by atoms with E-state index in [0.29, 0.717) is 17.7 Å². The number of hydrogen-bond acceptors (Lipinski definition) is 2. The van der Waals surface area contributed by atoms with Crippen LogP contribution in [0.1, 0.15) is 27.0 Å². The lowest BCUT2D eigenvalue weighted by molar-refractivity contribution is 0.0949. The lowest BCUT2D eigenvalue weighted by Gasteiger charge is -2.11. The van der Waals surface area contributed by atoms with E-state index in [1.54, 1.807) is 18.2 Å². The highest BCUT2D eigenvalue weighted by Crippen LogP contribution is 2.16. The molecule has 2 N–H and O–H groups in total. The SMILES string of the molecule is Cc1cccc(C)c1C(=O)NCc1ccccc1O. The van der Waals surface area contributed by atoms with Crippen LogP contribution in [0.3, 0.4) is 0 Å². The highest BCUT2D eigenvalue weighted by atomic mass is 16.3. The second-order valence-corrected chi connectivity index (χ2v) is 4.58. The maximum Gasteiger partial charge on any atom is 0.252 e. The summed E-state index contributed by atoms with van der Waals surface area (Å²) in [4.78, 5) is 12.2. The molecule has 0 aliphatic rings. The smallest absolute Gasteiger partial charge is 0.252 e. The van der Waals surface area contributed by atoms with Crippen LogP contribution in [0.25, 0.3) is 0 Å². The number of amides is 1. The van der Waals surface area contributed by atoms with Crippen molar-refractivity contribution in [2.45, 2.75) is 20.4 Å². The number of phenols is 1. The number of benzene rings is 2. The van der Waals surface area contributed by atoms with Crippen molar-refractivity contribution < 1.29 is 9.90 Å². The molecule has 0 aliphatic heterocycles. The Balaban J connectivity index is 2.13. The summed E-state index contributed by atoms with van der Waals surface area (Å²) in [6, 6.07) is 12.8. The Labute approximate surface area is 112 Å². The van der Waals surface area contributed by atoms with Gasteiger partial charge in [-0.15, -0.1) is 0 Å². The topological polar surface area (TPSA) is 49.3 Å². The van der Waals surface area contributed by atoms with Gasteiger partial charge in [0.25, 0.3) is 5.91 Å². The average Bonchev–Trinajstić information content (AvgIpc) is 2.37. The average molecular weight is 255 g/mol. The minimum absolute atomic E-state index is 0.112. The van der Waals surface area contributed by atoms with Crippen LogP contribution in [0.15, 0.2) is 42.5 Å². The van der Waals surface area contributed by atoms with Crippen LogP contribution in [-0.2, 0) is 6.54 Å². The molecule has 3 nitrogen and oxygen atoms in total. The zero-order valence-electron chi connectivity index (χ0n) is 11.1. The summed E-state index contributed by atoms with van der Waals surface area (Å²) in [7, 11) is 0. The zero-order valence-corrected chi connectivity index (χ0v) is 11.1. The first-order valence-electron chi connectivity index (χ1n) is 6.21. The molecule has 0 spiro atoms. The summed E-state index contributed by atoms with van der Waals surface area (Å²) >= 11 is 0. The highest BCUT2D eigenvalue weighted by Gasteiger charge is 2.11. The molecular weight excluding hydrogens is 238 g/mol. The highest BCUT2D eigenvalue weighted by molar-refractivity contribution is 5.97. The molecule has 2 rings (SSSR count).